The Morgan fingerprint density at radius 1 is 1.17 bits per heavy atom. The summed E-state index contributed by atoms with van der Waals surface area (Å²) in [7, 11) is -4.04. The van der Waals surface area contributed by atoms with Crippen LogP contribution in [0.15, 0.2) is 79.4 Å². The summed E-state index contributed by atoms with van der Waals surface area (Å²) < 4.78 is 33.9. The molecule has 4 aromatic rings. The lowest BCUT2D eigenvalue weighted by Crippen LogP contribution is -2.50. The minimum absolute atomic E-state index is 0.0579. The fourth-order valence-electron chi connectivity index (χ4n) is 3.68. The van der Waals surface area contributed by atoms with Gasteiger partial charge in [-0.05, 0) is 57.7 Å². The molecule has 2 unspecified atom stereocenters. The zero-order valence-electron chi connectivity index (χ0n) is 19.2. The van der Waals surface area contributed by atoms with Crippen molar-refractivity contribution in [1.29, 1.82) is 0 Å². The highest BCUT2D eigenvalue weighted by molar-refractivity contribution is 9.10. The van der Waals surface area contributed by atoms with Gasteiger partial charge in [-0.2, -0.15) is 4.31 Å². The molecule has 0 aliphatic heterocycles. The Morgan fingerprint density at radius 2 is 1.94 bits per heavy atom. The molecule has 0 radical (unpaired) electrons. The first-order chi connectivity index (χ1) is 17.3. The van der Waals surface area contributed by atoms with Crippen LogP contribution in [-0.4, -0.2) is 47.6 Å². The molecule has 190 valence electrons. The summed E-state index contributed by atoms with van der Waals surface area (Å²) in [5, 5.41) is 21.5. The molecule has 3 aromatic heterocycles. The molecule has 1 amide bonds. The van der Waals surface area contributed by atoms with E-state index in [1.54, 1.807) is 11.4 Å². The van der Waals surface area contributed by atoms with Gasteiger partial charge in [0.05, 0.1) is 18.3 Å². The number of carbonyl (C=O) groups excluding carboxylic acids is 1. The summed E-state index contributed by atoms with van der Waals surface area (Å²) in [4.78, 5) is 14.2. The van der Waals surface area contributed by atoms with Gasteiger partial charge in [-0.3, -0.25) is 4.79 Å². The summed E-state index contributed by atoms with van der Waals surface area (Å²) in [5.74, 6) is -0.184. The van der Waals surface area contributed by atoms with Crippen LogP contribution in [0.4, 0.5) is 0 Å². The molecule has 0 bridgehead atoms. The average Bonchev–Trinajstić information content (AvgIpc) is 3.61. The number of nitrogens with zero attached hydrogens (tertiary/aromatic N) is 2. The van der Waals surface area contributed by atoms with Gasteiger partial charge in [-0.15, -0.1) is 22.7 Å². The van der Waals surface area contributed by atoms with Crippen LogP contribution in [0.1, 0.15) is 25.9 Å². The topological polar surface area (TPSA) is 113 Å². The number of hydrogen-bond acceptors (Lipinski definition) is 8. The Balaban J connectivity index is 1.62. The lowest BCUT2D eigenvalue weighted by Gasteiger charge is -2.29. The molecule has 8 nitrogen and oxygen atoms in total. The Kier molecular flexibility index (Phi) is 8.75. The van der Waals surface area contributed by atoms with E-state index < -0.39 is 22.2 Å². The minimum Gasteiger partial charge on any atom is -0.390 e. The van der Waals surface area contributed by atoms with E-state index in [1.807, 2.05) is 47.8 Å². The highest BCUT2D eigenvalue weighted by Gasteiger charge is 2.33. The van der Waals surface area contributed by atoms with Crippen molar-refractivity contribution in [3.8, 4) is 0 Å². The molecule has 2 atom stereocenters. The van der Waals surface area contributed by atoms with Gasteiger partial charge in [0, 0.05) is 22.4 Å². The SMILES string of the molecule is Cc1oncc1S(=O)(=O)N(Cc1cccs1)CC(O)C(Cc1ccccc1)NC(=O)c1sccc1Br. The molecular formula is C24H24BrN3O5S3. The maximum atomic E-state index is 13.5. The molecule has 0 aliphatic rings. The van der Waals surface area contributed by atoms with E-state index >= 15 is 0 Å². The number of carbonyl (C=O) groups is 1. The van der Waals surface area contributed by atoms with Crippen molar-refractivity contribution < 1.29 is 22.8 Å². The highest BCUT2D eigenvalue weighted by atomic mass is 79.9. The smallest absolute Gasteiger partial charge is 0.262 e. The van der Waals surface area contributed by atoms with Crippen LogP contribution >= 0.6 is 38.6 Å². The van der Waals surface area contributed by atoms with Crippen LogP contribution < -0.4 is 5.32 Å². The van der Waals surface area contributed by atoms with Crippen LogP contribution in [0.25, 0.3) is 0 Å². The van der Waals surface area contributed by atoms with E-state index in [2.05, 4.69) is 26.4 Å². The maximum absolute atomic E-state index is 13.5. The molecule has 2 N–H and O–H groups in total. The van der Waals surface area contributed by atoms with Gasteiger partial charge in [-0.25, -0.2) is 8.42 Å². The Labute approximate surface area is 225 Å². The third kappa shape index (κ3) is 6.31. The number of amides is 1. The van der Waals surface area contributed by atoms with Crippen molar-refractivity contribution in [1.82, 2.24) is 14.8 Å². The van der Waals surface area contributed by atoms with Gasteiger partial charge >= 0.3 is 0 Å². The van der Waals surface area contributed by atoms with Crippen molar-refractivity contribution in [2.75, 3.05) is 6.54 Å². The van der Waals surface area contributed by atoms with Crippen molar-refractivity contribution in [2.24, 2.45) is 0 Å². The fraction of sp³-hybridized carbons (Fsp3) is 0.250. The first-order valence-electron chi connectivity index (χ1n) is 11.0. The number of aliphatic hydroxyl groups is 1. The number of aryl methyl sites for hydroxylation is 1. The van der Waals surface area contributed by atoms with Crippen molar-refractivity contribution in [3.05, 3.63) is 91.0 Å². The molecule has 0 saturated heterocycles. The van der Waals surface area contributed by atoms with E-state index in [9.17, 15) is 18.3 Å². The minimum atomic E-state index is -4.04. The fourth-order valence-corrected chi connectivity index (χ4v) is 7.45. The third-order valence-corrected chi connectivity index (χ3v) is 10.1. The summed E-state index contributed by atoms with van der Waals surface area (Å²) in [6.07, 6.45) is 0.272. The number of hydrogen-bond donors (Lipinski definition) is 2. The number of benzene rings is 1. The number of nitrogens with one attached hydrogen (secondary N) is 1. The van der Waals surface area contributed by atoms with Gasteiger partial charge in [0.1, 0.15) is 9.77 Å². The van der Waals surface area contributed by atoms with Crippen LogP contribution in [0, 0.1) is 6.92 Å². The predicted octanol–water partition coefficient (Wildman–Crippen LogP) is 4.46. The van der Waals surface area contributed by atoms with Gasteiger partial charge in [0.25, 0.3) is 5.91 Å². The standard InChI is InChI=1S/C24H24BrN3O5S3/c1-16-22(13-26-33-16)36(31,32)28(14-18-8-5-10-34-18)15-21(29)20(12-17-6-3-2-4-7-17)27-24(30)23-19(25)9-11-35-23/h2-11,13,20-21,29H,12,14-15H2,1H3,(H,27,30). The lowest BCUT2D eigenvalue weighted by atomic mass is 10.0. The van der Waals surface area contributed by atoms with Crippen LogP contribution in [-0.2, 0) is 23.0 Å². The molecule has 3 heterocycles. The van der Waals surface area contributed by atoms with Crippen LogP contribution in [0.2, 0.25) is 0 Å². The lowest BCUT2D eigenvalue weighted by molar-refractivity contribution is 0.0782. The van der Waals surface area contributed by atoms with Gasteiger partial charge < -0.3 is 14.9 Å². The van der Waals surface area contributed by atoms with E-state index in [0.29, 0.717) is 15.8 Å². The molecule has 0 fully saturated rings. The second-order valence-corrected chi connectivity index (χ2v) is 12.8. The molecular weight excluding hydrogens is 586 g/mol. The molecule has 36 heavy (non-hydrogen) atoms. The summed E-state index contributed by atoms with van der Waals surface area (Å²) in [6.45, 7) is 1.34. The second-order valence-electron chi connectivity index (χ2n) is 8.06. The number of rotatable bonds is 11. The molecule has 0 saturated carbocycles. The van der Waals surface area contributed by atoms with Crippen molar-refractivity contribution in [3.63, 3.8) is 0 Å². The quantitative estimate of drug-likeness (QED) is 0.259. The van der Waals surface area contributed by atoms with Crippen LogP contribution in [0.3, 0.4) is 0 Å². The Hall–Kier alpha value is -2.35. The Bertz CT molecular complexity index is 1390. The van der Waals surface area contributed by atoms with Crippen LogP contribution in [0.5, 0.6) is 0 Å². The zero-order valence-corrected chi connectivity index (χ0v) is 23.2. The molecule has 0 aliphatic carbocycles. The largest absolute Gasteiger partial charge is 0.390 e. The van der Waals surface area contributed by atoms with E-state index in [-0.39, 0.29) is 29.7 Å². The number of thiophene rings is 2. The Morgan fingerprint density at radius 3 is 2.56 bits per heavy atom. The predicted molar refractivity (Wildman–Crippen MR) is 143 cm³/mol. The normalized spacial score (nSPS) is 13.6. The number of halogens is 1. The van der Waals surface area contributed by atoms with Gasteiger partial charge in [0.2, 0.25) is 10.0 Å². The van der Waals surface area contributed by atoms with Gasteiger partial charge in [0.15, 0.2) is 5.76 Å². The number of aromatic nitrogens is 1. The second kappa shape index (κ2) is 11.8. The number of aliphatic hydroxyl groups excluding tert-OH is 1. The highest BCUT2D eigenvalue weighted by Crippen LogP contribution is 2.25. The van der Waals surface area contributed by atoms with E-state index in [0.717, 1.165) is 16.6 Å². The summed E-state index contributed by atoms with van der Waals surface area (Å²) >= 11 is 6.07. The summed E-state index contributed by atoms with van der Waals surface area (Å²) in [6, 6.07) is 14.1. The zero-order chi connectivity index (χ0) is 25.7. The summed E-state index contributed by atoms with van der Waals surface area (Å²) in [5.41, 5.74) is 0.898. The molecule has 12 heteroatoms. The van der Waals surface area contributed by atoms with Gasteiger partial charge in [-0.1, -0.05) is 41.6 Å². The first kappa shape index (κ1) is 26.7. The molecule has 0 spiro atoms. The monoisotopic (exact) mass is 609 g/mol. The molecule has 4 rings (SSSR count). The number of sulfonamides is 1. The van der Waals surface area contributed by atoms with Crippen molar-refractivity contribution >= 4 is 54.5 Å². The first-order valence-corrected chi connectivity index (χ1v) is 14.9. The third-order valence-electron chi connectivity index (χ3n) is 5.53. The average molecular weight is 611 g/mol. The maximum Gasteiger partial charge on any atom is 0.262 e. The van der Waals surface area contributed by atoms with E-state index in [4.69, 9.17) is 4.52 Å². The molecule has 1 aromatic carbocycles. The van der Waals surface area contributed by atoms with Crippen molar-refractivity contribution in [2.45, 2.75) is 36.9 Å². The van der Waals surface area contributed by atoms with E-state index in [1.165, 1.54) is 33.9 Å².